The number of benzene rings is 1. The molecule has 1 aliphatic carbocycles. The van der Waals surface area contributed by atoms with Crippen LogP contribution in [-0.2, 0) is 17.9 Å². The lowest BCUT2D eigenvalue weighted by molar-refractivity contribution is -0.133. The molecule has 1 aromatic carbocycles. The quantitative estimate of drug-likeness (QED) is 0.751. The smallest absolute Gasteiger partial charge is 0.272 e. The molecular weight excluding hydrogens is 406 g/mol. The number of amides is 3. The molecule has 2 aliphatic rings. The van der Waals surface area contributed by atoms with Crippen LogP contribution in [0.15, 0.2) is 30.3 Å². The van der Waals surface area contributed by atoms with Gasteiger partial charge in [0.1, 0.15) is 11.2 Å². The summed E-state index contributed by atoms with van der Waals surface area (Å²) in [6, 6.07) is 9.56. The number of carbonyl (C=O) groups excluding carboxylic acids is 3. The van der Waals surface area contributed by atoms with Gasteiger partial charge in [0, 0.05) is 25.7 Å². The van der Waals surface area contributed by atoms with Gasteiger partial charge in [0.05, 0.1) is 6.54 Å². The van der Waals surface area contributed by atoms with Crippen LogP contribution in [-0.4, -0.2) is 51.0 Å². The predicted molar refractivity (Wildman–Crippen MR) is 120 cm³/mol. The minimum atomic E-state index is -1.07. The van der Waals surface area contributed by atoms with Crippen LogP contribution in [0.4, 0.5) is 0 Å². The number of rotatable bonds is 5. The molecule has 1 aromatic heterocycles. The van der Waals surface area contributed by atoms with Crippen LogP contribution in [0.5, 0.6) is 0 Å². The van der Waals surface area contributed by atoms with Gasteiger partial charge in [-0.3, -0.25) is 19.1 Å². The van der Waals surface area contributed by atoms with Crippen molar-refractivity contribution in [1.82, 2.24) is 25.3 Å². The van der Waals surface area contributed by atoms with Crippen molar-refractivity contribution in [2.75, 3.05) is 7.05 Å². The first-order chi connectivity index (χ1) is 15.3. The molecule has 1 saturated carbocycles. The van der Waals surface area contributed by atoms with E-state index in [1.165, 1.54) is 22.1 Å². The average molecular weight is 438 g/mol. The highest BCUT2D eigenvalue weighted by Gasteiger charge is 2.46. The number of carbonyl (C=O) groups is 3. The maximum absolute atomic E-state index is 13.2. The number of fused-ring (bicyclic) bond motifs is 1. The molecule has 8 nitrogen and oxygen atoms in total. The predicted octanol–water partition coefficient (Wildman–Crippen LogP) is 2.41. The molecule has 0 bridgehead atoms. The van der Waals surface area contributed by atoms with Gasteiger partial charge < -0.3 is 15.5 Å². The molecule has 4 rings (SSSR count). The molecule has 2 heterocycles. The van der Waals surface area contributed by atoms with Gasteiger partial charge in [0.15, 0.2) is 5.69 Å². The van der Waals surface area contributed by atoms with Gasteiger partial charge in [-0.15, -0.1) is 0 Å². The van der Waals surface area contributed by atoms with Gasteiger partial charge in [-0.1, -0.05) is 49.1 Å². The zero-order valence-corrected chi connectivity index (χ0v) is 19.0. The Hall–Kier alpha value is -3.16. The molecule has 1 aliphatic heterocycles. The van der Waals surface area contributed by atoms with Crippen LogP contribution in [0.1, 0.15) is 71.1 Å². The second-order valence-corrected chi connectivity index (χ2v) is 9.19. The lowest BCUT2D eigenvalue weighted by atomic mass is 9.92. The Bertz CT molecular complexity index is 1020. The molecule has 32 heavy (non-hydrogen) atoms. The molecule has 0 radical (unpaired) electrons. The number of nitrogens with one attached hydrogen (secondary N) is 2. The Morgan fingerprint density at radius 2 is 1.84 bits per heavy atom. The molecule has 8 heteroatoms. The number of likely N-dealkylation sites (N-methyl/N-ethyl adjacent to an activating group) is 1. The number of aryl methyl sites for hydroxylation is 1. The topological polar surface area (TPSA) is 96.3 Å². The van der Waals surface area contributed by atoms with Crippen molar-refractivity contribution in [2.45, 2.75) is 70.6 Å². The summed E-state index contributed by atoms with van der Waals surface area (Å²) in [6.45, 7) is 4.34. The first-order valence-corrected chi connectivity index (χ1v) is 11.3. The van der Waals surface area contributed by atoms with Crippen LogP contribution in [0.3, 0.4) is 0 Å². The van der Waals surface area contributed by atoms with Crippen LogP contribution in [0.25, 0.3) is 0 Å². The fourth-order valence-corrected chi connectivity index (χ4v) is 4.40. The van der Waals surface area contributed by atoms with E-state index in [4.69, 9.17) is 0 Å². The summed E-state index contributed by atoms with van der Waals surface area (Å²) in [7, 11) is 1.64. The SMILES string of the molecule is Cc1ccc(CNC(=O)c2cc3n(n2)C[C@](C)(C(=O)NC2CCCCC2)N(C)C3=O)cc1. The minimum Gasteiger partial charge on any atom is -0.351 e. The second kappa shape index (κ2) is 8.76. The minimum absolute atomic E-state index is 0.152. The van der Waals surface area contributed by atoms with E-state index in [-0.39, 0.29) is 36.0 Å². The first-order valence-electron chi connectivity index (χ1n) is 11.3. The fraction of sp³-hybridized carbons (Fsp3) is 0.500. The Balaban J connectivity index is 1.47. The van der Waals surface area contributed by atoms with Crippen molar-refractivity contribution in [3.8, 4) is 0 Å². The van der Waals surface area contributed by atoms with Crippen molar-refractivity contribution < 1.29 is 14.4 Å². The van der Waals surface area contributed by atoms with Crippen LogP contribution < -0.4 is 10.6 Å². The lowest BCUT2D eigenvalue weighted by Gasteiger charge is -2.41. The van der Waals surface area contributed by atoms with Crippen molar-refractivity contribution in [3.63, 3.8) is 0 Å². The largest absolute Gasteiger partial charge is 0.351 e. The van der Waals surface area contributed by atoms with E-state index >= 15 is 0 Å². The first kappa shape index (κ1) is 22.0. The summed E-state index contributed by atoms with van der Waals surface area (Å²) in [5, 5.41) is 10.3. The molecule has 1 fully saturated rings. The zero-order valence-electron chi connectivity index (χ0n) is 19.0. The fourth-order valence-electron chi connectivity index (χ4n) is 4.40. The van der Waals surface area contributed by atoms with Crippen molar-refractivity contribution in [1.29, 1.82) is 0 Å². The van der Waals surface area contributed by atoms with Crippen molar-refractivity contribution in [3.05, 3.63) is 52.8 Å². The van der Waals surface area contributed by atoms with Gasteiger partial charge >= 0.3 is 0 Å². The zero-order chi connectivity index (χ0) is 22.9. The maximum Gasteiger partial charge on any atom is 0.272 e. The summed E-state index contributed by atoms with van der Waals surface area (Å²) in [5.74, 6) is -0.842. The number of nitrogens with zero attached hydrogens (tertiary/aromatic N) is 3. The summed E-state index contributed by atoms with van der Waals surface area (Å²) < 4.78 is 1.49. The van der Waals surface area contributed by atoms with E-state index in [1.807, 2.05) is 31.2 Å². The standard InChI is InChI=1S/C24H31N5O3/c1-16-9-11-17(12-10-16)14-25-21(30)19-13-20-22(31)28(3)24(2,15-29(20)27-19)23(32)26-18-7-5-4-6-8-18/h9-13,18H,4-8,14-15H2,1-3H3,(H,25,30)(H,26,32)/t24-/m1/s1. The molecule has 0 saturated heterocycles. The Kier molecular flexibility index (Phi) is 6.04. The Morgan fingerprint density at radius 1 is 1.16 bits per heavy atom. The van der Waals surface area contributed by atoms with Crippen molar-refractivity contribution in [2.24, 2.45) is 0 Å². The van der Waals surface area contributed by atoms with E-state index in [9.17, 15) is 14.4 Å². The van der Waals surface area contributed by atoms with E-state index < -0.39 is 5.54 Å². The Labute approximate surface area is 188 Å². The number of aromatic nitrogens is 2. The van der Waals surface area contributed by atoms with Gasteiger partial charge in [0.2, 0.25) is 5.91 Å². The molecule has 2 aromatic rings. The van der Waals surface area contributed by atoms with Crippen molar-refractivity contribution >= 4 is 17.7 Å². The van der Waals surface area contributed by atoms with E-state index in [0.29, 0.717) is 12.2 Å². The van der Waals surface area contributed by atoms with Gasteiger partial charge in [-0.2, -0.15) is 5.10 Å². The molecular formula is C24H31N5O3. The highest BCUT2D eigenvalue weighted by molar-refractivity contribution is 6.01. The average Bonchev–Trinajstić information content (AvgIpc) is 3.21. The van der Waals surface area contributed by atoms with Crippen LogP contribution in [0, 0.1) is 6.92 Å². The number of hydrogen-bond donors (Lipinski definition) is 2. The molecule has 1 atom stereocenters. The van der Waals surface area contributed by atoms with E-state index in [0.717, 1.165) is 36.8 Å². The third kappa shape index (κ3) is 4.26. The highest BCUT2D eigenvalue weighted by atomic mass is 16.2. The molecule has 0 spiro atoms. The monoisotopic (exact) mass is 437 g/mol. The summed E-state index contributed by atoms with van der Waals surface area (Å²) in [4.78, 5) is 40.3. The van der Waals surface area contributed by atoms with Gasteiger partial charge in [-0.05, 0) is 32.3 Å². The van der Waals surface area contributed by atoms with Gasteiger partial charge in [-0.25, -0.2) is 0 Å². The molecule has 0 unspecified atom stereocenters. The normalized spacial score (nSPS) is 21.2. The lowest BCUT2D eigenvalue weighted by Crippen LogP contribution is -2.63. The van der Waals surface area contributed by atoms with Crippen LogP contribution in [0.2, 0.25) is 0 Å². The van der Waals surface area contributed by atoms with Crippen LogP contribution >= 0.6 is 0 Å². The molecule has 3 amide bonds. The summed E-state index contributed by atoms with van der Waals surface area (Å²) in [6.07, 6.45) is 5.37. The highest BCUT2D eigenvalue weighted by Crippen LogP contribution is 2.27. The molecule has 170 valence electrons. The summed E-state index contributed by atoms with van der Waals surface area (Å²) >= 11 is 0. The van der Waals surface area contributed by atoms with E-state index in [1.54, 1.807) is 14.0 Å². The third-order valence-corrected chi connectivity index (χ3v) is 6.74. The number of hydrogen-bond acceptors (Lipinski definition) is 4. The summed E-state index contributed by atoms with van der Waals surface area (Å²) in [5.41, 5.74) is 1.56. The maximum atomic E-state index is 13.2. The van der Waals surface area contributed by atoms with E-state index in [2.05, 4.69) is 15.7 Å². The second-order valence-electron chi connectivity index (χ2n) is 9.19. The molecule has 2 N–H and O–H groups in total. The Morgan fingerprint density at radius 3 is 2.53 bits per heavy atom. The third-order valence-electron chi connectivity index (χ3n) is 6.74. The van der Waals surface area contributed by atoms with Gasteiger partial charge in [0.25, 0.3) is 11.8 Å².